The second kappa shape index (κ2) is 5.19. The molecule has 4 heteroatoms. The van der Waals surface area contributed by atoms with Crippen LogP contribution in [0, 0.1) is 5.41 Å². The minimum atomic E-state index is -0.912. The van der Waals surface area contributed by atoms with E-state index in [4.69, 9.17) is 15.6 Å². The fraction of sp³-hybridized carbons (Fsp3) is 0.462. The number of carbonyl (C=O) groups is 1. The zero-order valence-corrected chi connectivity index (χ0v) is 10.4. The molecule has 0 heterocycles. The highest BCUT2D eigenvalue weighted by atomic mass is 16.5. The number of para-hydroxylation sites is 1. The van der Waals surface area contributed by atoms with E-state index in [0.29, 0.717) is 5.75 Å². The van der Waals surface area contributed by atoms with Crippen molar-refractivity contribution in [3.8, 4) is 5.75 Å². The molecule has 4 nitrogen and oxygen atoms in total. The molecule has 0 saturated carbocycles. The molecule has 0 amide bonds. The minimum absolute atomic E-state index is 0.117. The van der Waals surface area contributed by atoms with E-state index in [2.05, 4.69) is 0 Å². The summed E-state index contributed by atoms with van der Waals surface area (Å²) in [7, 11) is 0. The first-order valence-corrected chi connectivity index (χ1v) is 5.55. The van der Waals surface area contributed by atoms with Gasteiger partial charge in [-0.2, -0.15) is 0 Å². The van der Waals surface area contributed by atoms with Crippen molar-refractivity contribution in [1.82, 2.24) is 0 Å². The standard InChI is InChI=1S/C13H19NO3/c1-9(14)10-6-4-5-7-11(10)17-8-13(2,3)12(15)16/h4-7,9H,8,14H2,1-3H3,(H,15,16). The first kappa shape index (κ1) is 13.5. The largest absolute Gasteiger partial charge is 0.492 e. The number of carboxylic acids is 1. The molecule has 0 saturated heterocycles. The zero-order chi connectivity index (χ0) is 13.1. The van der Waals surface area contributed by atoms with Crippen LogP contribution in [-0.2, 0) is 4.79 Å². The Morgan fingerprint density at radius 3 is 2.59 bits per heavy atom. The number of carboxylic acid groups (broad SMARTS) is 1. The Balaban J connectivity index is 2.79. The van der Waals surface area contributed by atoms with Crippen LogP contribution in [0.25, 0.3) is 0 Å². The van der Waals surface area contributed by atoms with Crippen LogP contribution in [0.15, 0.2) is 24.3 Å². The molecule has 0 aliphatic rings. The highest BCUT2D eigenvalue weighted by Gasteiger charge is 2.28. The number of benzene rings is 1. The van der Waals surface area contributed by atoms with E-state index < -0.39 is 11.4 Å². The number of hydrogen-bond acceptors (Lipinski definition) is 3. The van der Waals surface area contributed by atoms with Gasteiger partial charge in [-0.25, -0.2) is 0 Å². The third kappa shape index (κ3) is 3.46. The third-order valence-corrected chi connectivity index (χ3v) is 2.58. The number of hydrogen-bond donors (Lipinski definition) is 2. The quantitative estimate of drug-likeness (QED) is 0.823. The van der Waals surface area contributed by atoms with Crippen LogP contribution in [0.3, 0.4) is 0 Å². The number of rotatable bonds is 5. The Bertz CT molecular complexity index is 399. The van der Waals surface area contributed by atoms with Gasteiger partial charge >= 0.3 is 5.97 Å². The number of aliphatic carboxylic acids is 1. The molecule has 0 spiro atoms. The van der Waals surface area contributed by atoms with Crippen LogP contribution in [0.2, 0.25) is 0 Å². The molecule has 0 aromatic heterocycles. The van der Waals surface area contributed by atoms with Gasteiger partial charge in [0.25, 0.3) is 0 Å². The fourth-order valence-electron chi connectivity index (χ4n) is 1.31. The van der Waals surface area contributed by atoms with E-state index in [1.165, 1.54) is 0 Å². The van der Waals surface area contributed by atoms with E-state index in [9.17, 15) is 4.79 Å². The van der Waals surface area contributed by atoms with E-state index >= 15 is 0 Å². The monoisotopic (exact) mass is 237 g/mol. The molecular formula is C13H19NO3. The Kier molecular flexibility index (Phi) is 4.12. The molecule has 3 N–H and O–H groups in total. The topological polar surface area (TPSA) is 72.5 Å². The van der Waals surface area contributed by atoms with Crippen molar-refractivity contribution in [3.63, 3.8) is 0 Å². The van der Waals surface area contributed by atoms with Crippen molar-refractivity contribution in [2.75, 3.05) is 6.61 Å². The van der Waals surface area contributed by atoms with Crippen LogP contribution in [0.4, 0.5) is 0 Å². The zero-order valence-electron chi connectivity index (χ0n) is 10.4. The second-order valence-corrected chi connectivity index (χ2v) is 4.80. The number of ether oxygens (including phenoxy) is 1. The van der Waals surface area contributed by atoms with E-state index in [1.54, 1.807) is 19.9 Å². The van der Waals surface area contributed by atoms with Crippen molar-refractivity contribution in [2.45, 2.75) is 26.8 Å². The predicted octanol–water partition coefficient (Wildman–Crippen LogP) is 2.20. The maximum absolute atomic E-state index is 11.0. The van der Waals surface area contributed by atoms with Crippen LogP contribution >= 0.6 is 0 Å². The van der Waals surface area contributed by atoms with Crippen LogP contribution in [-0.4, -0.2) is 17.7 Å². The molecule has 94 valence electrons. The lowest BCUT2D eigenvalue weighted by Crippen LogP contribution is -2.31. The highest BCUT2D eigenvalue weighted by Crippen LogP contribution is 2.25. The Morgan fingerprint density at radius 1 is 1.47 bits per heavy atom. The molecule has 1 rings (SSSR count). The van der Waals surface area contributed by atoms with Gasteiger partial charge < -0.3 is 15.6 Å². The lowest BCUT2D eigenvalue weighted by Gasteiger charge is -2.21. The van der Waals surface area contributed by atoms with Crippen LogP contribution in [0.1, 0.15) is 32.4 Å². The van der Waals surface area contributed by atoms with Gasteiger partial charge in [-0.3, -0.25) is 4.79 Å². The summed E-state index contributed by atoms with van der Waals surface area (Å²) in [5.74, 6) is -0.229. The van der Waals surface area contributed by atoms with Crippen molar-refractivity contribution in [1.29, 1.82) is 0 Å². The minimum Gasteiger partial charge on any atom is -0.492 e. The third-order valence-electron chi connectivity index (χ3n) is 2.58. The lowest BCUT2D eigenvalue weighted by atomic mass is 9.95. The Morgan fingerprint density at radius 2 is 2.06 bits per heavy atom. The average molecular weight is 237 g/mol. The first-order chi connectivity index (χ1) is 7.84. The van der Waals surface area contributed by atoms with E-state index in [1.807, 2.05) is 25.1 Å². The van der Waals surface area contributed by atoms with E-state index in [0.717, 1.165) is 5.56 Å². The summed E-state index contributed by atoms with van der Waals surface area (Å²) in [5.41, 5.74) is 5.79. The molecule has 1 unspecified atom stereocenters. The Labute approximate surface area is 101 Å². The van der Waals surface area contributed by atoms with Gasteiger partial charge in [0.2, 0.25) is 0 Å². The summed E-state index contributed by atoms with van der Waals surface area (Å²) in [4.78, 5) is 11.0. The van der Waals surface area contributed by atoms with Gasteiger partial charge in [0.1, 0.15) is 12.4 Å². The van der Waals surface area contributed by atoms with Crippen molar-refractivity contribution < 1.29 is 14.6 Å². The second-order valence-electron chi connectivity index (χ2n) is 4.80. The molecular weight excluding hydrogens is 218 g/mol. The Hall–Kier alpha value is -1.55. The van der Waals surface area contributed by atoms with Crippen molar-refractivity contribution in [2.24, 2.45) is 11.1 Å². The van der Waals surface area contributed by atoms with Gasteiger partial charge in [0.15, 0.2) is 0 Å². The summed E-state index contributed by atoms with van der Waals surface area (Å²) in [6, 6.07) is 7.27. The molecule has 0 bridgehead atoms. The fourth-order valence-corrected chi connectivity index (χ4v) is 1.31. The SMILES string of the molecule is CC(N)c1ccccc1OCC(C)(C)C(=O)O. The lowest BCUT2D eigenvalue weighted by molar-refractivity contribution is -0.148. The first-order valence-electron chi connectivity index (χ1n) is 5.55. The average Bonchev–Trinajstić information content (AvgIpc) is 2.26. The predicted molar refractivity (Wildman–Crippen MR) is 66.0 cm³/mol. The van der Waals surface area contributed by atoms with Crippen molar-refractivity contribution >= 4 is 5.97 Å². The van der Waals surface area contributed by atoms with Crippen LogP contribution < -0.4 is 10.5 Å². The molecule has 0 fully saturated rings. The highest BCUT2D eigenvalue weighted by molar-refractivity contribution is 5.73. The molecule has 17 heavy (non-hydrogen) atoms. The summed E-state index contributed by atoms with van der Waals surface area (Å²) < 4.78 is 5.56. The molecule has 1 aromatic rings. The van der Waals surface area contributed by atoms with Gasteiger partial charge in [0, 0.05) is 11.6 Å². The smallest absolute Gasteiger partial charge is 0.312 e. The summed E-state index contributed by atoms with van der Waals surface area (Å²) in [6.07, 6.45) is 0. The van der Waals surface area contributed by atoms with Crippen LogP contribution in [0.5, 0.6) is 5.75 Å². The van der Waals surface area contributed by atoms with E-state index in [-0.39, 0.29) is 12.6 Å². The summed E-state index contributed by atoms with van der Waals surface area (Å²) in [6.45, 7) is 5.24. The normalized spacial score (nSPS) is 13.2. The van der Waals surface area contributed by atoms with Crippen molar-refractivity contribution in [3.05, 3.63) is 29.8 Å². The summed E-state index contributed by atoms with van der Waals surface area (Å²) in [5, 5.41) is 8.99. The maximum atomic E-state index is 11.0. The van der Waals surface area contributed by atoms with Gasteiger partial charge in [-0.15, -0.1) is 0 Å². The number of nitrogens with two attached hydrogens (primary N) is 1. The molecule has 0 radical (unpaired) electrons. The van der Waals surface area contributed by atoms with Gasteiger partial charge in [-0.1, -0.05) is 18.2 Å². The summed E-state index contributed by atoms with van der Waals surface area (Å²) >= 11 is 0. The molecule has 1 aromatic carbocycles. The molecule has 0 aliphatic carbocycles. The van der Waals surface area contributed by atoms with Gasteiger partial charge in [-0.05, 0) is 26.8 Å². The van der Waals surface area contributed by atoms with Gasteiger partial charge in [0.05, 0.1) is 5.41 Å². The molecule has 0 aliphatic heterocycles. The molecule has 1 atom stereocenters. The maximum Gasteiger partial charge on any atom is 0.312 e.